The maximum absolute atomic E-state index is 10.7. The highest BCUT2D eigenvalue weighted by molar-refractivity contribution is 14.1. The largest absolute Gasteiger partial charge is 0.478 e. The normalized spacial score (nSPS) is 13.6. The quantitative estimate of drug-likeness (QED) is 0.473. The Kier molecular flexibility index (Phi) is 4.68. The van der Waals surface area contributed by atoms with Crippen LogP contribution in [0.4, 0.5) is 0 Å². The van der Waals surface area contributed by atoms with Gasteiger partial charge in [-0.2, -0.15) is 0 Å². The molecule has 0 atom stereocenters. The summed E-state index contributed by atoms with van der Waals surface area (Å²) in [5, 5.41) is 17.4. The molecule has 72 valence electrons. The predicted molar refractivity (Wildman–Crippen MR) is 55.7 cm³/mol. The summed E-state index contributed by atoms with van der Waals surface area (Å²) in [6.07, 6.45) is 1.27. The standard InChI is InChI=1S/C8H9IO4/c1-3-5(7(10)11)6(4(2)9)8(12)13/h3H,1-2H3,(H,10,11)(H,12,13)/b5-3+,6-4-. The van der Waals surface area contributed by atoms with Crippen LogP contribution >= 0.6 is 22.6 Å². The van der Waals surface area contributed by atoms with E-state index in [0.717, 1.165) is 0 Å². The van der Waals surface area contributed by atoms with Crippen molar-refractivity contribution in [1.82, 2.24) is 0 Å². The minimum absolute atomic E-state index is 0.157. The minimum Gasteiger partial charge on any atom is -0.478 e. The van der Waals surface area contributed by atoms with Crippen molar-refractivity contribution in [2.24, 2.45) is 0 Å². The van der Waals surface area contributed by atoms with Crippen LogP contribution in [-0.2, 0) is 9.59 Å². The van der Waals surface area contributed by atoms with Gasteiger partial charge in [0, 0.05) is 3.58 Å². The van der Waals surface area contributed by atoms with Gasteiger partial charge in [-0.25, -0.2) is 9.59 Å². The SMILES string of the molecule is C/C=C(C(=O)O)\C(C(=O)O)=C(/C)I. The molecule has 5 heteroatoms. The van der Waals surface area contributed by atoms with Gasteiger partial charge in [-0.1, -0.05) is 6.08 Å². The Bertz CT molecular complexity index is 297. The van der Waals surface area contributed by atoms with Gasteiger partial charge in [0.1, 0.15) is 0 Å². The van der Waals surface area contributed by atoms with Crippen molar-refractivity contribution in [3.63, 3.8) is 0 Å². The maximum atomic E-state index is 10.7. The Labute approximate surface area is 89.1 Å². The first kappa shape index (κ1) is 12.2. The lowest BCUT2D eigenvalue weighted by Crippen LogP contribution is -2.11. The topological polar surface area (TPSA) is 74.6 Å². The molecule has 0 bridgehead atoms. The molecule has 0 saturated heterocycles. The third-order valence-electron chi connectivity index (χ3n) is 1.35. The first-order valence-corrected chi connectivity index (χ1v) is 4.49. The summed E-state index contributed by atoms with van der Waals surface area (Å²) >= 11 is 1.79. The van der Waals surface area contributed by atoms with Gasteiger partial charge in [0.2, 0.25) is 0 Å². The molecule has 13 heavy (non-hydrogen) atoms. The average molecular weight is 296 g/mol. The molecule has 0 amide bonds. The van der Waals surface area contributed by atoms with Gasteiger partial charge >= 0.3 is 11.9 Å². The number of carbonyl (C=O) groups is 2. The van der Waals surface area contributed by atoms with Crippen LogP contribution in [0.25, 0.3) is 0 Å². The highest BCUT2D eigenvalue weighted by Gasteiger charge is 2.20. The fourth-order valence-corrected chi connectivity index (χ4v) is 1.34. The van der Waals surface area contributed by atoms with Gasteiger partial charge < -0.3 is 10.2 Å². The molecular formula is C8H9IO4. The second-order valence-corrected chi connectivity index (χ2v) is 3.84. The van der Waals surface area contributed by atoms with Crippen LogP contribution in [0.15, 0.2) is 20.8 Å². The fourth-order valence-electron chi connectivity index (χ4n) is 0.823. The fraction of sp³-hybridized carbons (Fsp3) is 0.250. The summed E-state index contributed by atoms with van der Waals surface area (Å²) in [7, 11) is 0. The third-order valence-corrected chi connectivity index (χ3v) is 1.89. The van der Waals surface area contributed by atoms with Crippen LogP contribution in [0.2, 0.25) is 0 Å². The van der Waals surface area contributed by atoms with Crippen LogP contribution in [-0.4, -0.2) is 22.2 Å². The van der Waals surface area contributed by atoms with Crippen molar-refractivity contribution < 1.29 is 19.8 Å². The molecule has 0 fully saturated rings. The Morgan fingerprint density at radius 1 is 1.23 bits per heavy atom. The van der Waals surface area contributed by atoms with Crippen molar-refractivity contribution in [2.75, 3.05) is 0 Å². The smallest absolute Gasteiger partial charge is 0.337 e. The molecule has 0 radical (unpaired) electrons. The zero-order valence-corrected chi connectivity index (χ0v) is 9.32. The van der Waals surface area contributed by atoms with Crippen molar-refractivity contribution in [3.05, 3.63) is 20.8 Å². The zero-order chi connectivity index (χ0) is 10.6. The van der Waals surface area contributed by atoms with E-state index >= 15 is 0 Å². The number of carboxylic acid groups (broad SMARTS) is 2. The highest BCUT2D eigenvalue weighted by atomic mass is 127. The molecule has 0 rings (SSSR count). The van der Waals surface area contributed by atoms with E-state index in [1.165, 1.54) is 13.0 Å². The van der Waals surface area contributed by atoms with Gasteiger partial charge in [0.05, 0.1) is 11.1 Å². The summed E-state index contributed by atoms with van der Waals surface area (Å²) in [5.41, 5.74) is -0.338. The molecule has 2 N–H and O–H groups in total. The van der Waals surface area contributed by atoms with E-state index in [9.17, 15) is 9.59 Å². The molecule has 0 aromatic carbocycles. The summed E-state index contributed by atoms with van der Waals surface area (Å²) in [6.45, 7) is 3.04. The maximum Gasteiger partial charge on any atom is 0.337 e. The molecule has 0 aromatic heterocycles. The molecule has 0 aromatic rings. The molecule has 0 aliphatic carbocycles. The molecule has 0 aliphatic rings. The average Bonchev–Trinajstić information content (AvgIpc) is 1.97. The van der Waals surface area contributed by atoms with E-state index < -0.39 is 11.9 Å². The predicted octanol–water partition coefficient (Wildman–Crippen LogP) is 1.81. The second-order valence-electron chi connectivity index (χ2n) is 2.22. The number of aliphatic carboxylic acids is 2. The lowest BCUT2D eigenvalue weighted by atomic mass is 10.1. The molecule has 0 saturated carbocycles. The monoisotopic (exact) mass is 296 g/mol. The Morgan fingerprint density at radius 3 is 1.77 bits per heavy atom. The number of allylic oxidation sites excluding steroid dienone is 2. The van der Waals surface area contributed by atoms with E-state index in [1.807, 2.05) is 0 Å². The second kappa shape index (κ2) is 5.00. The van der Waals surface area contributed by atoms with Gasteiger partial charge in [-0.05, 0) is 36.4 Å². The number of halogens is 1. The summed E-state index contributed by atoms with van der Waals surface area (Å²) < 4.78 is 0.445. The van der Waals surface area contributed by atoms with Crippen molar-refractivity contribution >= 4 is 34.5 Å². The molecule has 0 unspecified atom stereocenters. The molecular weight excluding hydrogens is 287 g/mol. The van der Waals surface area contributed by atoms with Crippen molar-refractivity contribution in [3.8, 4) is 0 Å². The molecule has 0 heterocycles. The summed E-state index contributed by atoms with van der Waals surface area (Å²) in [5.74, 6) is -2.45. The third kappa shape index (κ3) is 3.17. The minimum atomic E-state index is -1.23. The molecule has 0 aliphatic heterocycles. The van der Waals surface area contributed by atoms with Gasteiger partial charge in [0.15, 0.2) is 0 Å². The Hall–Kier alpha value is -0.850. The molecule has 4 nitrogen and oxygen atoms in total. The van der Waals surface area contributed by atoms with Crippen LogP contribution in [0, 0.1) is 0 Å². The summed E-state index contributed by atoms with van der Waals surface area (Å²) in [6, 6.07) is 0. The number of hydrogen-bond acceptors (Lipinski definition) is 2. The van der Waals surface area contributed by atoms with Crippen LogP contribution in [0.1, 0.15) is 13.8 Å². The number of hydrogen-bond donors (Lipinski definition) is 2. The van der Waals surface area contributed by atoms with Crippen LogP contribution in [0.5, 0.6) is 0 Å². The van der Waals surface area contributed by atoms with Crippen LogP contribution < -0.4 is 0 Å². The highest BCUT2D eigenvalue weighted by Crippen LogP contribution is 2.20. The Morgan fingerprint density at radius 2 is 1.69 bits per heavy atom. The first-order chi connectivity index (χ1) is 5.91. The van der Waals surface area contributed by atoms with Crippen molar-refractivity contribution in [2.45, 2.75) is 13.8 Å². The van der Waals surface area contributed by atoms with Crippen molar-refractivity contribution in [1.29, 1.82) is 0 Å². The van der Waals surface area contributed by atoms with Gasteiger partial charge in [0.25, 0.3) is 0 Å². The lowest BCUT2D eigenvalue weighted by molar-refractivity contribution is -0.136. The zero-order valence-electron chi connectivity index (χ0n) is 7.17. The van der Waals surface area contributed by atoms with E-state index in [1.54, 1.807) is 29.5 Å². The van der Waals surface area contributed by atoms with E-state index in [-0.39, 0.29) is 11.1 Å². The van der Waals surface area contributed by atoms with E-state index in [0.29, 0.717) is 3.58 Å². The molecule has 0 spiro atoms. The van der Waals surface area contributed by atoms with E-state index in [2.05, 4.69) is 0 Å². The first-order valence-electron chi connectivity index (χ1n) is 3.41. The van der Waals surface area contributed by atoms with Gasteiger partial charge in [-0.15, -0.1) is 0 Å². The van der Waals surface area contributed by atoms with Gasteiger partial charge in [-0.3, -0.25) is 0 Å². The van der Waals surface area contributed by atoms with Crippen LogP contribution in [0.3, 0.4) is 0 Å². The number of rotatable bonds is 3. The Balaban J connectivity index is 5.34. The summed E-state index contributed by atoms with van der Waals surface area (Å²) in [4.78, 5) is 21.3. The lowest BCUT2D eigenvalue weighted by Gasteiger charge is -2.03. The van der Waals surface area contributed by atoms with E-state index in [4.69, 9.17) is 10.2 Å². The number of carboxylic acids is 2.